The molecule has 0 aromatic heterocycles. The van der Waals surface area contributed by atoms with Gasteiger partial charge in [0.15, 0.2) is 0 Å². The van der Waals surface area contributed by atoms with E-state index in [9.17, 15) is 0 Å². The highest BCUT2D eigenvalue weighted by Crippen LogP contribution is 2.42. The molecular formula is C12H17NO. The lowest BCUT2D eigenvalue weighted by Gasteiger charge is -2.15. The van der Waals surface area contributed by atoms with E-state index in [2.05, 4.69) is 19.1 Å². The highest BCUT2D eigenvalue weighted by Gasteiger charge is 2.31. The van der Waals surface area contributed by atoms with Crippen LogP contribution in [-0.2, 0) is 0 Å². The predicted molar refractivity (Wildman–Crippen MR) is 57.4 cm³/mol. The quantitative estimate of drug-likeness (QED) is 0.796. The van der Waals surface area contributed by atoms with E-state index in [1.807, 2.05) is 6.07 Å². The Morgan fingerprint density at radius 3 is 2.71 bits per heavy atom. The summed E-state index contributed by atoms with van der Waals surface area (Å²) in [4.78, 5) is 0. The number of aryl methyl sites for hydroxylation is 1. The topological polar surface area (TPSA) is 35.2 Å². The highest BCUT2D eigenvalue weighted by molar-refractivity contribution is 5.39. The van der Waals surface area contributed by atoms with E-state index in [4.69, 9.17) is 10.5 Å². The van der Waals surface area contributed by atoms with Gasteiger partial charge in [0.2, 0.25) is 0 Å². The van der Waals surface area contributed by atoms with Gasteiger partial charge in [-0.3, -0.25) is 0 Å². The van der Waals surface area contributed by atoms with E-state index in [0.29, 0.717) is 5.92 Å². The van der Waals surface area contributed by atoms with E-state index in [1.165, 1.54) is 18.4 Å². The molecule has 2 heteroatoms. The van der Waals surface area contributed by atoms with Crippen LogP contribution in [0.2, 0.25) is 0 Å². The van der Waals surface area contributed by atoms with Gasteiger partial charge in [-0.15, -0.1) is 0 Å². The van der Waals surface area contributed by atoms with Gasteiger partial charge in [-0.2, -0.15) is 0 Å². The number of methoxy groups -OCH3 is 1. The number of rotatable bonds is 3. The Hall–Kier alpha value is -1.02. The summed E-state index contributed by atoms with van der Waals surface area (Å²) >= 11 is 0. The monoisotopic (exact) mass is 191 g/mol. The van der Waals surface area contributed by atoms with Crippen molar-refractivity contribution in [2.24, 2.45) is 11.7 Å². The van der Waals surface area contributed by atoms with Gasteiger partial charge < -0.3 is 10.5 Å². The maximum Gasteiger partial charge on any atom is 0.123 e. The van der Waals surface area contributed by atoms with Crippen molar-refractivity contribution in [1.29, 1.82) is 0 Å². The molecule has 2 N–H and O–H groups in total. The van der Waals surface area contributed by atoms with Gasteiger partial charge in [-0.1, -0.05) is 17.7 Å². The minimum absolute atomic E-state index is 0.157. The van der Waals surface area contributed by atoms with Crippen molar-refractivity contribution in [3.05, 3.63) is 29.3 Å². The maximum absolute atomic E-state index is 6.17. The minimum atomic E-state index is 0.157. The van der Waals surface area contributed by atoms with Gasteiger partial charge in [0.25, 0.3) is 0 Å². The molecular weight excluding hydrogens is 174 g/mol. The normalized spacial score (nSPS) is 17.9. The van der Waals surface area contributed by atoms with Gasteiger partial charge in [0.05, 0.1) is 7.11 Å². The molecule has 0 spiro atoms. The first-order chi connectivity index (χ1) is 6.72. The molecule has 1 aromatic rings. The van der Waals surface area contributed by atoms with Crippen LogP contribution in [0.3, 0.4) is 0 Å². The van der Waals surface area contributed by atoms with Crippen LogP contribution in [-0.4, -0.2) is 7.11 Å². The molecule has 1 aliphatic rings. The molecule has 2 nitrogen and oxygen atoms in total. The first-order valence-corrected chi connectivity index (χ1v) is 5.12. The van der Waals surface area contributed by atoms with E-state index < -0.39 is 0 Å². The molecule has 14 heavy (non-hydrogen) atoms. The summed E-state index contributed by atoms with van der Waals surface area (Å²) in [5.74, 6) is 1.60. The number of nitrogens with two attached hydrogens (primary N) is 1. The summed E-state index contributed by atoms with van der Waals surface area (Å²) in [6.45, 7) is 2.09. The van der Waals surface area contributed by atoms with E-state index >= 15 is 0 Å². The summed E-state index contributed by atoms with van der Waals surface area (Å²) < 4.78 is 5.32. The van der Waals surface area contributed by atoms with Crippen molar-refractivity contribution < 1.29 is 4.74 Å². The third-order valence-corrected chi connectivity index (χ3v) is 2.87. The summed E-state index contributed by atoms with van der Waals surface area (Å²) in [6.07, 6.45) is 2.52. The Labute approximate surface area is 85.1 Å². The van der Waals surface area contributed by atoms with Crippen LogP contribution in [0.1, 0.15) is 30.0 Å². The SMILES string of the molecule is COc1ccc(C)cc1[C@@H](N)C1CC1. The molecule has 1 aliphatic carbocycles. The molecule has 2 rings (SSSR count). The minimum Gasteiger partial charge on any atom is -0.496 e. The Morgan fingerprint density at radius 1 is 1.43 bits per heavy atom. The average molecular weight is 191 g/mol. The molecule has 0 bridgehead atoms. The van der Waals surface area contributed by atoms with Crippen molar-refractivity contribution in [3.8, 4) is 5.75 Å². The van der Waals surface area contributed by atoms with E-state index in [0.717, 1.165) is 11.3 Å². The fourth-order valence-electron chi connectivity index (χ4n) is 1.82. The van der Waals surface area contributed by atoms with Gasteiger partial charge in [0, 0.05) is 11.6 Å². The van der Waals surface area contributed by atoms with Gasteiger partial charge in [-0.25, -0.2) is 0 Å². The molecule has 0 unspecified atom stereocenters. The molecule has 1 fully saturated rings. The Bertz CT molecular complexity index is 331. The van der Waals surface area contributed by atoms with Crippen LogP contribution in [0.25, 0.3) is 0 Å². The highest BCUT2D eigenvalue weighted by atomic mass is 16.5. The zero-order valence-electron chi connectivity index (χ0n) is 8.79. The number of benzene rings is 1. The zero-order chi connectivity index (χ0) is 10.1. The second kappa shape index (κ2) is 3.62. The Morgan fingerprint density at radius 2 is 2.14 bits per heavy atom. The third kappa shape index (κ3) is 1.75. The van der Waals surface area contributed by atoms with Crippen LogP contribution in [0.4, 0.5) is 0 Å². The lowest BCUT2D eigenvalue weighted by molar-refractivity contribution is 0.403. The Kier molecular flexibility index (Phi) is 2.46. The second-order valence-electron chi connectivity index (χ2n) is 4.11. The first-order valence-electron chi connectivity index (χ1n) is 5.12. The largest absolute Gasteiger partial charge is 0.496 e. The van der Waals surface area contributed by atoms with Crippen LogP contribution < -0.4 is 10.5 Å². The first kappa shape index (κ1) is 9.53. The molecule has 0 amide bonds. The fourth-order valence-corrected chi connectivity index (χ4v) is 1.82. The number of hydrogen-bond acceptors (Lipinski definition) is 2. The van der Waals surface area contributed by atoms with Crippen LogP contribution in [0, 0.1) is 12.8 Å². The summed E-state index contributed by atoms with van der Waals surface area (Å²) in [7, 11) is 1.70. The molecule has 0 heterocycles. The molecule has 0 saturated heterocycles. The smallest absolute Gasteiger partial charge is 0.123 e. The summed E-state index contributed by atoms with van der Waals surface area (Å²) in [5, 5.41) is 0. The fraction of sp³-hybridized carbons (Fsp3) is 0.500. The van der Waals surface area contributed by atoms with Crippen molar-refractivity contribution in [2.75, 3.05) is 7.11 Å². The predicted octanol–water partition coefficient (Wildman–Crippen LogP) is 2.41. The number of hydrogen-bond donors (Lipinski definition) is 1. The Balaban J connectivity index is 2.32. The van der Waals surface area contributed by atoms with Crippen molar-refractivity contribution in [1.82, 2.24) is 0 Å². The van der Waals surface area contributed by atoms with Crippen molar-refractivity contribution >= 4 is 0 Å². The third-order valence-electron chi connectivity index (χ3n) is 2.87. The molecule has 1 atom stereocenters. The van der Waals surface area contributed by atoms with Crippen LogP contribution in [0.15, 0.2) is 18.2 Å². The van der Waals surface area contributed by atoms with Gasteiger partial charge in [0.1, 0.15) is 5.75 Å². The molecule has 0 radical (unpaired) electrons. The maximum atomic E-state index is 6.17. The van der Waals surface area contributed by atoms with Crippen LogP contribution >= 0.6 is 0 Å². The molecule has 0 aliphatic heterocycles. The summed E-state index contributed by atoms with van der Waals surface area (Å²) in [5.41, 5.74) is 8.57. The summed E-state index contributed by atoms with van der Waals surface area (Å²) in [6, 6.07) is 6.36. The van der Waals surface area contributed by atoms with Crippen LogP contribution in [0.5, 0.6) is 5.75 Å². The van der Waals surface area contributed by atoms with Gasteiger partial charge in [-0.05, 0) is 31.7 Å². The lowest BCUT2D eigenvalue weighted by atomic mass is 10.0. The van der Waals surface area contributed by atoms with Gasteiger partial charge >= 0.3 is 0 Å². The molecule has 76 valence electrons. The van der Waals surface area contributed by atoms with Crippen molar-refractivity contribution in [2.45, 2.75) is 25.8 Å². The lowest BCUT2D eigenvalue weighted by Crippen LogP contribution is -2.13. The standard InChI is InChI=1S/C12H17NO/c1-8-3-6-11(14-2)10(7-8)12(13)9-4-5-9/h3,6-7,9,12H,4-5,13H2,1-2H3/t12-/m0/s1. The second-order valence-corrected chi connectivity index (χ2v) is 4.11. The molecule has 1 aromatic carbocycles. The zero-order valence-corrected chi connectivity index (χ0v) is 8.79. The average Bonchev–Trinajstić information content (AvgIpc) is 3.00. The molecule has 1 saturated carbocycles. The number of ether oxygens (including phenoxy) is 1. The van der Waals surface area contributed by atoms with E-state index in [-0.39, 0.29) is 6.04 Å². The van der Waals surface area contributed by atoms with Crippen molar-refractivity contribution in [3.63, 3.8) is 0 Å². The van der Waals surface area contributed by atoms with E-state index in [1.54, 1.807) is 7.11 Å².